The van der Waals surface area contributed by atoms with E-state index in [0.717, 1.165) is 16.9 Å². The first-order valence-electron chi connectivity index (χ1n) is 8.44. The van der Waals surface area contributed by atoms with Crippen LogP contribution in [0.2, 0.25) is 0 Å². The number of benzene rings is 1. The van der Waals surface area contributed by atoms with Crippen LogP contribution >= 0.6 is 22.9 Å². The molecule has 140 valence electrons. The van der Waals surface area contributed by atoms with Gasteiger partial charge < -0.3 is 0 Å². The lowest BCUT2D eigenvalue weighted by atomic mass is 10.1. The van der Waals surface area contributed by atoms with E-state index in [2.05, 4.69) is 23.3 Å². The molecule has 0 unspecified atom stereocenters. The highest BCUT2D eigenvalue weighted by molar-refractivity contribution is 7.91. The molecule has 1 N–H and O–H groups in total. The van der Waals surface area contributed by atoms with E-state index >= 15 is 0 Å². The molecule has 5 nitrogen and oxygen atoms in total. The topological polar surface area (TPSA) is 64.0 Å². The van der Waals surface area contributed by atoms with Crippen LogP contribution in [-0.2, 0) is 10.0 Å². The van der Waals surface area contributed by atoms with Gasteiger partial charge in [-0.2, -0.15) is 5.10 Å². The summed E-state index contributed by atoms with van der Waals surface area (Å²) in [5.41, 5.74) is 1.86. The zero-order chi connectivity index (χ0) is 19.2. The van der Waals surface area contributed by atoms with Crippen molar-refractivity contribution < 1.29 is 8.42 Å². The van der Waals surface area contributed by atoms with Crippen molar-refractivity contribution in [2.24, 2.45) is 5.92 Å². The smallest absolute Gasteiger partial charge is 0.230 e. The number of rotatable bonds is 6. The highest BCUT2D eigenvalue weighted by Gasteiger charge is 2.49. The van der Waals surface area contributed by atoms with E-state index < -0.39 is 10.0 Å². The summed E-state index contributed by atoms with van der Waals surface area (Å²) in [5.74, 6) is 0.480. The van der Waals surface area contributed by atoms with Gasteiger partial charge in [0.15, 0.2) is 0 Å². The number of halogens is 1. The Bertz CT molecular complexity index is 1090. The molecule has 1 fully saturated rings. The molecule has 1 aromatic carbocycles. The highest BCUT2D eigenvalue weighted by Crippen LogP contribution is 2.48. The van der Waals surface area contributed by atoms with Gasteiger partial charge in [0.1, 0.15) is 9.21 Å². The molecule has 2 aromatic heterocycles. The summed E-state index contributed by atoms with van der Waals surface area (Å²) >= 11 is 7.04. The van der Waals surface area contributed by atoms with Crippen LogP contribution in [0, 0.1) is 5.92 Å². The molecule has 0 saturated heterocycles. The van der Waals surface area contributed by atoms with Gasteiger partial charge in [0, 0.05) is 28.8 Å². The van der Waals surface area contributed by atoms with Crippen LogP contribution in [0.5, 0.6) is 0 Å². The number of nitrogens with zero attached hydrogens (tertiary/aromatic N) is 2. The number of hydrogen-bond donors (Lipinski definition) is 1. The Morgan fingerprint density at radius 1 is 1.26 bits per heavy atom. The maximum atomic E-state index is 12.8. The van der Waals surface area contributed by atoms with Crippen molar-refractivity contribution in [2.75, 3.05) is 0 Å². The SMILES string of the molecule is C=C(Cl)c1cnn(-c2ccc(S(=O)(=O)N[C@H]3[C@H](C)[C@@H]3c3ccccc3)s2)c1. The third-order valence-electron chi connectivity index (χ3n) is 4.81. The molecular weight excluding hydrogens is 402 g/mol. The highest BCUT2D eigenvalue weighted by atomic mass is 35.5. The Morgan fingerprint density at radius 2 is 2.00 bits per heavy atom. The van der Waals surface area contributed by atoms with Crippen molar-refractivity contribution in [1.82, 2.24) is 14.5 Å². The van der Waals surface area contributed by atoms with E-state index in [9.17, 15) is 8.42 Å². The Morgan fingerprint density at radius 3 is 2.67 bits per heavy atom. The third kappa shape index (κ3) is 3.60. The second kappa shape index (κ2) is 6.91. The molecule has 0 radical (unpaired) electrons. The molecule has 8 heteroatoms. The van der Waals surface area contributed by atoms with Crippen molar-refractivity contribution in [3.05, 3.63) is 72.6 Å². The van der Waals surface area contributed by atoms with E-state index in [1.165, 1.54) is 0 Å². The van der Waals surface area contributed by atoms with Crippen molar-refractivity contribution in [2.45, 2.75) is 23.1 Å². The van der Waals surface area contributed by atoms with Gasteiger partial charge in [-0.1, -0.05) is 55.4 Å². The largest absolute Gasteiger partial charge is 0.250 e. The minimum Gasteiger partial charge on any atom is -0.230 e. The maximum Gasteiger partial charge on any atom is 0.250 e. The van der Waals surface area contributed by atoms with Crippen LogP contribution in [0.3, 0.4) is 0 Å². The second-order valence-corrected chi connectivity index (χ2v) is 10.1. The van der Waals surface area contributed by atoms with E-state index in [1.807, 2.05) is 30.3 Å². The lowest BCUT2D eigenvalue weighted by Gasteiger charge is -2.04. The molecule has 0 amide bonds. The van der Waals surface area contributed by atoms with Crippen molar-refractivity contribution in [3.8, 4) is 5.00 Å². The Labute approximate surface area is 167 Å². The van der Waals surface area contributed by atoms with Gasteiger partial charge in [0.2, 0.25) is 10.0 Å². The summed E-state index contributed by atoms with van der Waals surface area (Å²) in [4.78, 5) is 0. The quantitative estimate of drug-likeness (QED) is 0.650. The Balaban J connectivity index is 1.51. The van der Waals surface area contributed by atoms with Gasteiger partial charge >= 0.3 is 0 Å². The fourth-order valence-corrected chi connectivity index (χ4v) is 5.92. The fraction of sp³-hybridized carbons (Fsp3) is 0.211. The van der Waals surface area contributed by atoms with Crippen molar-refractivity contribution >= 4 is 38.0 Å². The lowest BCUT2D eigenvalue weighted by molar-refractivity contribution is 0.580. The number of thiophene rings is 1. The summed E-state index contributed by atoms with van der Waals surface area (Å²) in [6.45, 7) is 5.73. The zero-order valence-corrected chi connectivity index (χ0v) is 16.9. The first kappa shape index (κ1) is 18.4. The molecular formula is C19H18ClN3O2S2. The van der Waals surface area contributed by atoms with Crippen LogP contribution in [0.1, 0.15) is 24.0 Å². The maximum absolute atomic E-state index is 12.8. The van der Waals surface area contributed by atoms with E-state index in [4.69, 9.17) is 11.6 Å². The first-order chi connectivity index (χ1) is 12.9. The summed E-state index contributed by atoms with van der Waals surface area (Å²) in [6.07, 6.45) is 3.32. The molecule has 0 aliphatic heterocycles. The van der Waals surface area contributed by atoms with Crippen LogP contribution in [0.15, 0.2) is 65.6 Å². The van der Waals surface area contributed by atoms with Gasteiger partial charge in [-0.25, -0.2) is 17.8 Å². The number of hydrogen-bond acceptors (Lipinski definition) is 4. The minimum atomic E-state index is -3.58. The van der Waals surface area contributed by atoms with Gasteiger partial charge in [-0.15, -0.1) is 11.3 Å². The molecule has 4 rings (SSSR count). The summed E-state index contributed by atoms with van der Waals surface area (Å²) in [6, 6.07) is 13.2. The van der Waals surface area contributed by atoms with Crippen molar-refractivity contribution in [3.63, 3.8) is 0 Å². The van der Waals surface area contributed by atoms with Gasteiger partial charge in [0.25, 0.3) is 0 Å². The lowest BCUT2D eigenvalue weighted by Crippen LogP contribution is -2.27. The van der Waals surface area contributed by atoms with Gasteiger partial charge in [-0.05, 0) is 23.6 Å². The van der Waals surface area contributed by atoms with E-state index in [-0.39, 0.29) is 22.1 Å². The molecule has 3 atom stereocenters. The predicted octanol–water partition coefficient (Wildman–Crippen LogP) is 4.22. The minimum absolute atomic E-state index is 0.0844. The first-order valence-corrected chi connectivity index (χ1v) is 11.1. The molecule has 2 heterocycles. The van der Waals surface area contributed by atoms with Crippen LogP contribution < -0.4 is 4.72 Å². The van der Waals surface area contributed by atoms with Crippen LogP contribution in [0.25, 0.3) is 10.0 Å². The van der Waals surface area contributed by atoms with Gasteiger partial charge in [0.05, 0.1) is 6.20 Å². The molecule has 27 heavy (non-hydrogen) atoms. The monoisotopic (exact) mass is 419 g/mol. The van der Waals surface area contributed by atoms with E-state index in [1.54, 1.807) is 29.2 Å². The van der Waals surface area contributed by atoms with Crippen molar-refractivity contribution in [1.29, 1.82) is 0 Å². The van der Waals surface area contributed by atoms with Crippen LogP contribution in [-0.4, -0.2) is 24.2 Å². The fourth-order valence-electron chi connectivity index (χ4n) is 3.23. The number of nitrogens with one attached hydrogen (secondary N) is 1. The normalized spacial score (nSPS) is 21.9. The molecule has 0 spiro atoms. The van der Waals surface area contributed by atoms with Gasteiger partial charge in [-0.3, -0.25) is 0 Å². The number of aromatic nitrogens is 2. The zero-order valence-electron chi connectivity index (χ0n) is 14.5. The summed E-state index contributed by atoms with van der Waals surface area (Å²) in [5, 5.41) is 5.29. The molecule has 0 bridgehead atoms. The summed E-state index contributed by atoms with van der Waals surface area (Å²) < 4.78 is 30.3. The molecule has 1 aliphatic rings. The average Bonchev–Trinajstić information content (AvgIpc) is 3.10. The molecule has 3 aromatic rings. The summed E-state index contributed by atoms with van der Waals surface area (Å²) in [7, 11) is -3.58. The standard InChI is InChI=1S/C19H18ClN3O2S2/c1-12-18(14-6-4-3-5-7-14)19(12)22-27(24,25)17-9-8-16(26-17)23-11-15(10-21-23)13(2)20/h3-12,18-19,22H,2H2,1H3/t12-,18-,19+/m1/s1. The molecule has 1 saturated carbocycles. The Kier molecular flexibility index (Phi) is 4.71. The molecule has 1 aliphatic carbocycles. The number of sulfonamides is 1. The predicted molar refractivity (Wildman–Crippen MR) is 109 cm³/mol. The van der Waals surface area contributed by atoms with Crippen LogP contribution in [0.4, 0.5) is 0 Å². The third-order valence-corrected chi connectivity index (χ3v) is 8.05. The second-order valence-electron chi connectivity index (χ2n) is 6.61. The average molecular weight is 420 g/mol. The Hall–Kier alpha value is -1.93. The van der Waals surface area contributed by atoms with E-state index in [0.29, 0.717) is 15.6 Å².